The Morgan fingerprint density at radius 3 is 2.52 bits per heavy atom. The summed E-state index contributed by atoms with van der Waals surface area (Å²) in [6.07, 6.45) is 6.81. The number of nitrogens with one attached hydrogen (secondary N) is 3. The number of hydrogen-bond acceptors (Lipinski definition) is 5. The maximum atomic E-state index is 13.6. The number of amides is 1. The standard InChI is InChI=1S/C34H39N5O3/c1-2-27(40)16-10-5-11-17-30(32-35-21-31(36-32)25-14-8-4-9-15-25)38-34(42)28-20-26-23-39(19-18-29(26)37-33(28)41)22-24-12-6-3-7-13-24/h3-4,6-9,12-15,20-21,30H,2,5,10-11,16-19,22-23H2,1H3,(H,35,36)(H,37,41)(H,38,42)/t30-/m0/s1. The van der Waals surface area contributed by atoms with Crippen LogP contribution in [-0.2, 0) is 24.3 Å². The van der Waals surface area contributed by atoms with Crippen molar-refractivity contribution in [2.75, 3.05) is 6.54 Å². The minimum Gasteiger partial charge on any atom is -0.342 e. The average molecular weight is 566 g/mol. The molecule has 3 N–H and O–H groups in total. The number of unbranched alkanes of at least 4 members (excludes halogenated alkanes) is 2. The first-order valence-electron chi connectivity index (χ1n) is 14.9. The molecule has 0 spiro atoms. The van der Waals surface area contributed by atoms with Gasteiger partial charge in [-0.2, -0.15) is 0 Å². The van der Waals surface area contributed by atoms with Gasteiger partial charge in [0.2, 0.25) is 0 Å². The maximum Gasteiger partial charge on any atom is 0.261 e. The maximum absolute atomic E-state index is 13.6. The molecule has 3 heterocycles. The number of rotatable bonds is 13. The number of benzene rings is 2. The van der Waals surface area contributed by atoms with E-state index in [2.05, 4.69) is 37.3 Å². The van der Waals surface area contributed by atoms with Crippen LogP contribution in [0.3, 0.4) is 0 Å². The molecule has 0 saturated carbocycles. The largest absolute Gasteiger partial charge is 0.342 e. The molecule has 1 amide bonds. The minimum atomic E-state index is -0.414. The van der Waals surface area contributed by atoms with Crippen molar-refractivity contribution < 1.29 is 9.59 Å². The molecule has 0 fully saturated rings. The number of ketones is 1. The molecule has 1 aliphatic rings. The molecule has 218 valence electrons. The second-order valence-electron chi connectivity index (χ2n) is 11.0. The number of aromatic nitrogens is 3. The van der Waals surface area contributed by atoms with Gasteiger partial charge in [0.15, 0.2) is 0 Å². The molecule has 0 radical (unpaired) electrons. The van der Waals surface area contributed by atoms with Gasteiger partial charge in [0, 0.05) is 44.6 Å². The SMILES string of the molecule is CCC(=O)CCCCC[C@H](NC(=O)c1cc2c([nH]c1=O)CCN(Cc1ccccc1)C2)c1ncc(-c2ccccc2)[nH]1. The second-order valence-corrected chi connectivity index (χ2v) is 11.0. The van der Waals surface area contributed by atoms with Crippen molar-refractivity contribution >= 4 is 11.7 Å². The van der Waals surface area contributed by atoms with E-state index in [-0.39, 0.29) is 16.9 Å². The number of aromatic amines is 2. The summed E-state index contributed by atoms with van der Waals surface area (Å²) in [4.78, 5) is 51.6. The Bertz CT molecular complexity index is 1540. The molecule has 4 aromatic rings. The lowest BCUT2D eigenvalue weighted by Gasteiger charge is -2.28. The lowest BCUT2D eigenvalue weighted by molar-refractivity contribution is -0.118. The molecule has 2 aromatic carbocycles. The van der Waals surface area contributed by atoms with Crippen LogP contribution in [-0.4, -0.2) is 38.1 Å². The zero-order valence-corrected chi connectivity index (χ0v) is 24.2. The Morgan fingerprint density at radius 2 is 1.76 bits per heavy atom. The normalized spacial score (nSPS) is 13.8. The van der Waals surface area contributed by atoms with Gasteiger partial charge in [-0.1, -0.05) is 80.4 Å². The highest BCUT2D eigenvalue weighted by Gasteiger charge is 2.24. The van der Waals surface area contributed by atoms with E-state index < -0.39 is 11.9 Å². The molecule has 0 saturated heterocycles. The van der Waals surface area contributed by atoms with E-state index in [0.29, 0.717) is 31.6 Å². The molecule has 2 aromatic heterocycles. The summed E-state index contributed by atoms with van der Waals surface area (Å²) in [6.45, 7) is 4.21. The van der Waals surface area contributed by atoms with Crippen molar-refractivity contribution in [3.63, 3.8) is 0 Å². The molecule has 0 unspecified atom stereocenters. The number of imidazole rings is 1. The van der Waals surface area contributed by atoms with Gasteiger partial charge in [-0.05, 0) is 35.6 Å². The van der Waals surface area contributed by atoms with Gasteiger partial charge in [0.25, 0.3) is 11.5 Å². The molecule has 5 rings (SSSR count). The van der Waals surface area contributed by atoms with Gasteiger partial charge in [0.05, 0.1) is 17.9 Å². The molecule has 42 heavy (non-hydrogen) atoms. The molecule has 1 aliphatic heterocycles. The predicted molar refractivity (Wildman–Crippen MR) is 164 cm³/mol. The minimum absolute atomic E-state index is 0.115. The van der Waals surface area contributed by atoms with Crippen LogP contribution < -0.4 is 10.9 Å². The summed E-state index contributed by atoms with van der Waals surface area (Å²) >= 11 is 0. The zero-order chi connectivity index (χ0) is 29.3. The van der Waals surface area contributed by atoms with Crippen LogP contribution in [0, 0.1) is 0 Å². The molecular formula is C34H39N5O3. The van der Waals surface area contributed by atoms with Crippen molar-refractivity contribution in [2.24, 2.45) is 0 Å². The number of hydrogen-bond donors (Lipinski definition) is 3. The number of pyridine rings is 1. The van der Waals surface area contributed by atoms with Crippen LogP contribution in [0.15, 0.2) is 77.7 Å². The highest BCUT2D eigenvalue weighted by molar-refractivity contribution is 5.94. The highest BCUT2D eigenvalue weighted by Crippen LogP contribution is 2.24. The van der Waals surface area contributed by atoms with Crippen LogP contribution in [0.4, 0.5) is 0 Å². The monoisotopic (exact) mass is 565 g/mol. The van der Waals surface area contributed by atoms with Crippen molar-refractivity contribution in [1.82, 2.24) is 25.2 Å². The Hall–Kier alpha value is -4.30. The van der Waals surface area contributed by atoms with E-state index in [1.807, 2.05) is 55.5 Å². The van der Waals surface area contributed by atoms with E-state index >= 15 is 0 Å². The van der Waals surface area contributed by atoms with Gasteiger partial charge in [-0.3, -0.25) is 19.3 Å². The highest BCUT2D eigenvalue weighted by atomic mass is 16.2. The van der Waals surface area contributed by atoms with Crippen molar-refractivity contribution in [2.45, 2.75) is 71.0 Å². The molecule has 0 aliphatic carbocycles. The second kappa shape index (κ2) is 14.0. The molecular weight excluding hydrogens is 526 g/mol. The first kappa shape index (κ1) is 29.2. The van der Waals surface area contributed by atoms with E-state index in [0.717, 1.165) is 61.3 Å². The summed E-state index contributed by atoms with van der Waals surface area (Å²) < 4.78 is 0. The van der Waals surface area contributed by atoms with E-state index in [9.17, 15) is 14.4 Å². The molecule has 8 heteroatoms. The molecule has 8 nitrogen and oxygen atoms in total. The Balaban J connectivity index is 1.31. The van der Waals surface area contributed by atoms with Gasteiger partial charge in [-0.25, -0.2) is 4.98 Å². The van der Waals surface area contributed by atoms with Crippen molar-refractivity contribution in [3.8, 4) is 11.3 Å². The van der Waals surface area contributed by atoms with Gasteiger partial charge in [-0.15, -0.1) is 0 Å². The summed E-state index contributed by atoms with van der Waals surface area (Å²) in [5.41, 5.74) is 4.72. The number of H-pyrrole nitrogens is 2. The van der Waals surface area contributed by atoms with Gasteiger partial charge >= 0.3 is 0 Å². The van der Waals surface area contributed by atoms with Crippen LogP contribution >= 0.6 is 0 Å². The quantitative estimate of drug-likeness (QED) is 0.180. The van der Waals surface area contributed by atoms with Crippen molar-refractivity contribution in [3.05, 3.63) is 111 Å². The number of fused-ring (bicyclic) bond motifs is 1. The number of Topliss-reactive ketones (excluding diaryl/α,β-unsaturated/α-hetero) is 1. The number of nitrogens with zero attached hydrogens (tertiary/aromatic N) is 2. The number of carbonyl (C=O) groups excluding carboxylic acids is 2. The van der Waals surface area contributed by atoms with Gasteiger partial charge < -0.3 is 15.3 Å². The van der Waals surface area contributed by atoms with Crippen molar-refractivity contribution in [1.29, 1.82) is 0 Å². The number of carbonyl (C=O) groups is 2. The third kappa shape index (κ3) is 7.50. The van der Waals surface area contributed by atoms with Gasteiger partial charge in [0.1, 0.15) is 17.2 Å². The van der Waals surface area contributed by atoms with Crippen LogP contribution in [0.1, 0.15) is 84.5 Å². The fraction of sp³-hybridized carbons (Fsp3) is 0.353. The van der Waals surface area contributed by atoms with E-state index in [1.54, 1.807) is 12.3 Å². The smallest absolute Gasteiger partial charge is 0.261 e. The zero-order valence-electron chi connectivity index (χ0n) is 24.2. The van der Waals surface area contributed by atoms with E-state index in [1.165, 1.54) is 5.56 Å². The topological polar surface area (TPSA) is 111 Å². The first-order chi connectivity index (χ1) is 20.5. The Morgan fingerprint density at radius 1 is 1.00 bits per heavy atom. The summed E-state index contributed by atoms with van der Waals surface area (Å²) in [5.74, 6) is 0.505. The molecule has 1 atom stereocenters. The lowest BCUT2D eigenvalue weighted by atomic mass is 10.0. The fourth-order valence-corrected chi connectivity index (χ4v) is 5.53. The summed E-state index contributed by atoms with van der Waals surface area (Å²) in [5, 5.41) is 3.09. The fourth-order valence-electron chi connectivity index (χ4n) is 5.53. The first-order valence-corrected chi connectivity index (χ1v) is 14.9. The third-order valence-electron chi connectivity index (χ3n) is 7.94. The van der Waals surface area contributed by atoms with Crippen LogP contribution in [0.2, 0.25) is 0 Å². The van der Waals surface area contributed by atoms with Crippen LogP contribution in [0.5, 0.6) is 0 Å². The third-order valence-corrected chi connectivity index (χ3v) is 7.94. The van der Waals surface area contributed by atoms with Crippen LogP contribution in [0.25, 0.3) is 11.3 Å². The summed E-state index contributed by atoms with van der Waals surface area (Å²) in [6, 6.07) is 21.6. The van der Waals surface area contributed by atoms with E-state index in [4.69, 9.17) is 0 Å². The average Bonchev–Trinajstić information content (AvgIpc) is 3.51. The summed E-state index contributed by atoms with van der Waals surface area (Å²) in [7, 11) is 0. The Kier molecular flexibility index (Phi) is 9.77. The Labute approximate surface area is 246 Å². The lowest BCUT2D eigenvalue weighted by Crippen LogP contribution is -2.36. The molecule has 0 bridgehead atoms. The predicted octanol–water partition coefficient (Wildman–Crippen LogP) is 5.72.